The van der Waals surface area contributed by atoms with Crippen LogP contribution in [0.2, 0.25) is 0 Å². The van der Waals surface area contributed by atoms with Gasteiger partial charge in [0.2, 0.25) is 0 Å². The summed E-state index contributed by atoms with van der Waals surface area (Å²) < 4.78 is 13.4. The number of halogens is 1. The van der Waals surface area contributed by atoms with Crippen LogP contribution in [0.3, 0.4) is 0 Å². The van der Waals surface area contributed by atoms with Gasteiger partial charge in [-0.2, -0.15) is 5.26 Å². The Morgan fingerprint density at radius 1 is 1.04 bits per heavy atom. The van der Waals surface area contributed by atoms with E-state index in [0.717, 1.165) is 31.5 Å². The lowest BCUT2D eigenvalue weighted by Crippen LogP contribution is -2.24. The molecule has 0 radical (unpaired) electrons. The van der Waals surface area contributed by atoms with Gasteiger partial charge >= 0.3 is 0 Å². The molecule has 0 atom stereocenters. The maximum atomic E-state index is 13.4. The van der Waals surface area contributed by atoms with E-state index in [1.807, 2.05) is 6.07 Å². The molecule has 0 heterocycles. The number of fused-ring (bicyclic) bond motifs is 1. The Hall–Kier alpha value is -2.86. The van der Waals surface area contributed by atoms with Crippen molar-refractivity contribution in [1.82, 2.24) is 0 Å². The highest BCUT2D eigenvalue weighted by Gasteiger charge is 2.09. The van der Waals surface area contributed by atoms with Crippen LogP contribution in [0.4, 0.5) is 10.1 Å². The molecular weight excluding hydrogens is 311 g/mol. The lowest BCUT2D eigenvalue weighted by Gasteiger charge is -2.25. The van der Waals surface area contributed by atoms with Crippen molar-refractivity contribution in [2.45, 2.75) is 19.8 Å². The average Bonchev–Trinajstić information content (AvgIpc) is 2.66. The van der Waals surface area contributed by atoms with Gasteiger partial charge in [-0.3, -0.25) is 0 Å². The van der Waals surface area contributed by atoms with Crippen LogP contribution in [0.1, 0.15) is 24.5 Å². The first-order valence-corrected chi connectivity index (χ1v) is 8.64. The van der Waals surface area contributed by atoms with Gasteiger partial charge in [-0.1, -0.05) is 42.5 Å². The normalized spacial score (nSPS) is 10.6. The first-order chi connectivity index (χ1) is 12.2. The van der Waals surface area contributed by atoms with Gasteiger partial charge in [-0.05, 0) is 48.9 Å². The maximum Gasteiger partial charge on any atom is 0.140 e. The quantitative estimate of drug-likeness (QED) is 0.611. The molecular formula is C22H21FN2. The van der Waals surface area contributed by atoms with Crippen molar-refractivity contribution in [2.75, 3.05) is 18.0 Å². The van der Waals surface area contributed by atoms with Gasteiger partial charge in [0.05, 0.1) is 5.56 Å². The van der Waals surface area contributed by atoms with Gasteiger partial charge in [0.1, 0.15) is 11.9 Å². The first-order valence-electron chi connectivity index (χ1n) is 8.64. The van der Waals surface area contributed by atoms with Crippen LogP contribution in [0.25, 0.3) is 10.8 Å². The monoisotopic (exact) mass is 332 g/mol. The topological polar surface area (TPSA) is 27.0 Å². The van der Waals surface area contributed by atoms with Crippen LogP contribution in [0, 0.1) is 17.1 Å². The molecule has 0 spiro atoms. The van der Waals surface area contributed by atoms with Crippen molar-refractivity contribution in [2.24, 2.45) is 0 Å². The zero-order chi connectivity index (χ0) is 17.6. The summed E-state index contributed by atoms with van der Waals surface area (Å²) in [4.78, 5) is 2.37. The Labute approximate surface area is 148 Å². The molecule has 126 valence electrons. The maximum absolute atomic E-state index is 13.4. The minimum Gasteiger partial charge on any atom is -0.371 e. The van der Waals surface area contributed by atoms with E-state index in [1.165, 1.54) is 22.5 Å². The van der Waals surface area contributed by atoms with E-state index < -0.39 is 5.82 Å². The first kappa shape index (κ1) is 17.0. The number of rotatable bonds is 6. The molecule has 0 N–H and O–H groups in total. The second kappa shape index (κ2) is 7.81. The molecule has 0 amide bonds. The molecule has 0 aliphatic carbocycles. The third-order valence-corrected chi connectivity index (χ3v) is 4.53. The SMILES string of the molecule is CCN(CCCc1ccc(F)c(C#N)c1)c1cccc2ccccc12. The molecule has 0 saturated carbocycles. The minimum absolute atomic E-state index is 0.124. The molecule has 0 fully saturated rings. The second-order valence-corrected chi connectivity index (χ2v) is 6.11. The van der Waals surface area contributed by atoms with Gasteiger partial charge in [0.15, 0.2) is 0 Å². The fourth-order valence-corrected chi connectivity index (χ4v) is 3.22. The highest BCUT2D eigenvalue weighted by atomic mass is 19.1. The average molecular weight is 332 g/mol. The van der Waals surface area contributed by atoms with E-state index in [9.17, 15) is 4.39 Å². The van der Waals surface area contributed by atoms with E-state index in [1.54, 1.807) is 12.1 Å². The van der Waals surface area contributed by atoms with Crippen LogP contribution in [0.15, 0.2) is 60.7 Å². The summed E-state index contributed by atoms with van der Waals surface area (Å²) in [5.41, 5.74) is 2.38. The van der Waals surface area contributed by atoms with Gasteiger partial charge in [0, 0.05) is 24.2 Å². The Morgan fingerprint density at radius 3 is 2.64 bits per heavy atom. The zero-order valence-electron chi connectivity index (χ0n) is 14.4. The van der Waals surface area contributed by atoms with Gasteiger partial charge in [0.25, 0.3) is 0 Å². The molecule has 0 saturated heterocycles. The predicted molar refractivity (Wildman–Crippen MR) is 101 cm³/mol. The van der Waals surface area contributed by atoms with E-state index in [-0.39, 0.29) is 5.56 Å². The summed E-state index contributed by atoms with van der Waals surface area (Å²) in [7, 11) is 0. The van der Waals surface area contributed by atoms with E-state index in [2.05, 4.69) is 54.3 Å². The van der Waals surface area contributed by atoms with Crippen molar-refractivity contribution in [3.63, 3.8) is 0 Å². The minimum atomic E-state index is -0.447. The number of nitrogens with zero attached hydrogens (tertiary/aromatic N) is 2. The van der Waals surface area contributed by atoms with Gasteiger partial charge < -0.3 is 4.90 Å². The van der Waals surface area contributed by atoms with Crippen LogP contribution in [-0.4, -0.2) is 13.1 Å². The summed E-state index contributed by atoms with van der Waals surface area (Å²) in [6.07, 6.45) is 1.78. The Kier molecular flexibility index (Phi) is 5.30. The largest absolute Gasteiger partial charge is 0.371 e. The molecule has 3 aromatic rings. The highest BCUT2D eigenvalue weighted by molar-refractivity contribution is 5.94. The molecule has 2 nitrogen and oxygen atoms in total. The molecule has 25 heavy (non-hydrogen) atoms. The summed E-state index contributed by atoms with van der Waals surface area (Å²) >= 11 is 0. The van der Waals surface area contributed by atoms with E-state index in [4.69, 9.17) is 5.26 Å². The Balaban J connectivity index is 1.72. The van der Waals surface area contributed by atoms with Crippen molar-refractivity contribution in [3.8, 4) is 6.07 Å². The molecule has 3 heteroatoms. The summed E-state index contributed by atoms with van der Waals surface area (Å²) in [6.45, 7) is 4.01. The van der Waals surface area contributed by atoms with Crippen LogP contribution < -0.4 is 4.90 Å². The second-order valence-electron chi connectivity index (χ2n) is 6.11. The molecule has 0 unspecified atom stereocenters. The molecule has 3 aromatic carbocycles. The molecule has 0 aliphatic heterocycles. The zero-order valence-corrected chi connectivity index (χ0v) is 14.4. The summed E-state index contributed by atoms with van der Waals surface area (Å²) in [5, 5.41) is 11.5. The number of anilines is 1. The lowest BCUT2D eigenvalue weighted by molar-refractivity contribution is 0.622. The fraction of sp³-hybridized carbons (Fsp3) is 0.227. The molecule has 0 aromatic heterocycles. The molecule has 3 rings (SSSR count). The molecule has 0 bridgehead atoms. The van der Waals surface area contributed by atoms with Crippen molar-refractivity contribution in [1.29, 1.82) is 5.26 Å². The van der Waals surface area contributed by atoms with E-state index >= 15 is 0 Å². The Morgan fingerprint density at radius 2 is 1.84 bits per heavy atom. The standard InChI is InChI=1S/C22H21FN2/c1-2-25(22-11-5-9-18-8-3-4-10-20(18)22)14-6-7-17-12-13-21(23)19(15-17)16-24/h3-5,8-13,15H,2,6-7,14H2,1H3. The highest BCUT2D eigenvalue weighted by Crippen LogP contribution is 2.26. The molecule has 0 aliphatic rings. The predicted octanol–water partition coefficient (Wildman–Crippen LogP) is 5.31. The van der Waals surface area contributed by atoms with Crippen molar-refractivity contribution < 1.29 is 4.39 Å². The fourth-order valence-electron chi connectivity index (χ4n) is 3.22. The number of hydrogen-bond acceptors (Lipinski definition) is 2. The van der Waals surface area contributed by atoms with Gasteiger partial charge in [-0.25, -0.2) is 4.39 Å². The van der Waals surface area contributed by atoms with E-state index in [0.29, 0.717) is 0 Å². The van der Waals surface area contributed by atoms with Crippen LogP contribution >= 0.6 is 0 Å². The van der Waals surface area contributed by atoms with Gasteiger partial charge in [-0.15, -0.1) is 0 Å². The third kappa shape index (κ3) is 3.80. The van der Waals surface area contributed by atoms with Crippen LogP contribution in [0.5, 0.6) is 0 Å². The van der Waals surface area contributed by atoms with Crippen LogP contribution in [-0.2, 0) is 6.42 Å². The smallest absolute Gasteiger partial charge is 0.140 e. The van der Waals surface area contributed by atoms with Crippen molar-refractivity contribution in [3.05, 3.63) is 77.6 Å². The number of benzene rings is 3. The summed E-state index contributed by atoms with van der Waals surface area (Å²) in [5.74, 6) is -0.447. The Bertz CT molecular complexity index is 906. The van der Waals surface area contributed by atoms with Crippen molar-refractivity contribution >= 4 is 16.5 Å². The third-order valence-electron chi connectivity index (χ3n) is 4.53. The number of aryl methyl sites for hydroxylation is 1. The lowest BCUT2D eigenvalue weighted by atomic mass is 10.1. The number of hydrogen-bond donors (Lipinski definition) is 0. The number of nitriles is 1. The summed E-state index contributed by atoms with van der Waals surface area (Å²) in [6, 6.07) is 21.5.